The van der Waals surface area contributed by atoms with E-state index in [1.807, 2.05) is 26.8 Å². The lowest BCUT2D eigenvalue weighted by atomic mass is 10.1. The normalized spacial score (nSPS) is 13.0. The first-order valence-corrected chi connectivity index (χ1v) is 10.9. The van der Waals surface area contributed by atoms with Crippen molar-refractivity contribution < 1.29 is 14.6 Å². The molecule has 2 rings (SSSR count). The molecule has 1 atom stereocenters. The first kappa shape index (κ1) is 26.1. The molecule has 0 aliphatic carbocycles. The van der Waals surface area contributed by atoms with E-state index < -0.39 is 6.23 Å². The molecule has 0 aliphatic rings. The fourth-order valence-corrected chi connectivity index (χ4v) is 3.31. The van der Waals surface area contributed by atoms with Crippen LogP contribution in [-0.4, -0.2) is 37.1 Å². The van der Waals surface area contributed by atoms with Gasteiger partial charge in [0.15, 0.2) is 0 Å². The molecule has 1 unspecified atom stereocenters. The third kappa shape index (κ3) is 6.91. The number of aliphatic hydroxyl groups is 1. The molecule has 0 radical (unpaired) electrons. The summed E-state index contributed by atoms with van der Waals surface area (Å²) in [4.78, 5) is 17.4. The SMILES string of the molecule is C=C(/C=C(OC)\C(=C/C)CNc1ccc(N(c2cccc(Cl)c2)C(O)C(C)C)c(=O)[nH]1)OC. The number of hydrogen-bond donors (Lipinski definition) is 3. The van der Waals surface area contributed by atoms with Crippen molar-refractivity contribution in [3.05, 3.63) is 87.6 Å². The summed E-state index contributed by atoms with van der Waals surface area (Å²) >= 11 is 6.15. The number of pyridine rings is 1. The van der Waals surface area contributed by atoms with Crippen molar-refractivity contribution in [3.63, 3.8) is 0 Å². The van der Waals surface area contributed by atoms with Crippen LogP contribution in [0.2, 0.25) is 5.02 Å². The number of rotatable bonds is 11. The average Bonchev–Trinajstić information content (AvgIpc) is 2.79. The molecule has 1 heterocycles. The number of methoxy groups -OCH3 is 2. The number of nitrogens with zero attached hydrogens (tertiary/aromatic N) is 1. The second kappa shape index (κ2) is 12.2. The number of H-pyrrole nitrogens is 1. The Hall–Kier alpha value is -3.16. The number of aromatic amines is 1. The fraction of sp³-hybridized carbons (Fsp3) is 0.320. The summed E-state index contributed by atoms with van der Waals surface area (Å²) in [5, 5.41) is 14.5. The topological polar surface area (TPSA) is 86.8 Å². The van der Waals surface area contributed by atoms with Gasteiger partial charge < -0.3 is 29.8 Å². The summed E-state index contributed by atoms with van der Waals surface area (Å²) in [6.45, 7) is 9.83. The Morgan fingerprint density at radius 1 is 1.27 bits per heavy atom. The summed E-state index contributed by atoms with van der Waals surface area (Å²) in [5.74, 6) is 1.46. The van der Waals surface area contributed by atoms with Crippen LogP contribution in [-0.2, 0) is 9.47 Å². The zero-order valence-electron chi connectivity index (χ0n) is 19.7. The second-order valence-corrected chi connectivity index (χ2v) is 8.08. The van der Waals surface area contributed by atoms with Gasteiger partial charge in [-0.3, -0.25) is 4.79 Å². The molecule has 33 heavy (non-hydrogen) atoms. The van der Waals surface area contributed by atoms with Crippen LogP contribution in [0.4, 0.5) is 17.2 Å². The highest BCUT2D eigenvalue weighted by atomic mass is 35.5. The van der Waals surface area contributed by atoms with Crippen molar-refractivity contribution in [3.8, 4) is 0 Å². The van der Waals surface area contributed by atoms with Crippen molar-refractivity contribution >= 4 is 28.8 Å². The first-order valence-electron chi connectivity index (χ1n) is 10.6. The minimum absolute atomic E-state index is 0.125. The van der Waals surface area contributed by atoms with E-state index in [0.29, 0.717) is 40.3 Å². The number of aliphatic hydroxyl groups excluding tert-OH is 1. The second-order valence-electron chi connectivity index (χ2n) is 7.64. The summed E-state index contributed by atoms with van der Waals surface area (Å²) in [7, 11) is 3.11. The maximum Gasteiger partial charge on any atom is 0.273 e. The van der Waals surface area contributed by atoms with Gasteiger partial charge in [0.25, 0.3) is 5.56 Å². The largest absolute Gasteiger partial charge is 0.497 e. The monoisotopic (exact) mass is 473 g/mol. The van der Waals surface area contributed by atoms with Crippen LogP contribution >= 0.6 is 11.6 Å². The van der Waals surface area contributed by atoms with Crippen LogP contribution in [0.25, 0.3) is 0 Å². The van der Waals surface area contributed by atoms with Gasteiger partial charge in [0.05, 0.1) is 14.2 Å². The Balaban J connectivity index is 2.31. The number of anilines is 3. The molecule has 1 aromatic carbocycles. The van der Waals surface area contributed by atoms with E-state index in [4.69, 9.17) is 21.1 Å². The third-order valence-corrected chi connectivity index (χ3v) is 5.24. The van der Waals surface area contributed by atoms with Crippen LogP contribution < -0.4 is 15.8 Å². The third-order valence-electron chi connectivity index (χ3n) is 5.00. The van der Waals surface area contributed by atoms with E-state index >= 15 is 0 Å². The molecule has 8 heteroatoms. The molecular weight excluding hydrogens is 442 g/mol. The highest BCUT2D eigenvalue weighted by Crippen LogP contribution is 2.29. The average molecular weight is 474 g/mol. The summed E-state index contributed by atoms with van der Waals surface area (Å²) in [6, 6.07) is 10.4. The van der Waals surface area contributed by atoms with Gasteiger partial charge in [-0.2, -0.15) is 0 Å². The smallest absolute Gasteiger partial charge is 0.273 e. The predicted octanol–water partition coefficient (Wildman–Crippen LogP) is 5.19. The van der Waals surface area contributed by atoms with Gasteiger partial charge in [-0.1, -0.05) is 44.2 Å². The summed E-state index contributed by atoms with van der Waals surface area (Å²) < 4.78 is 10.5. The zero-order valence-corrected chi connectivity index (χ0v) is 20.4. The Bertz CT molecular complexity index is 1080. The molecule has 0 aliphatic heterocycles. The van der Waals surface area contributed by atoms with Crippen LogP contribution in [0.3, 0.4) is 0 Å². The van der Waals surface area contributed by atoms with Crippen molar-refractivity contribution in [1.29, 1.82) is 0 Å². The van der Waals surface area contributed by atoms with Gasteiger partial charge in [0.1, 0.15) is 29.3 Å². The molecule has 1 aromatic heterocycles. The Labute approximate surface area is 200 Å². The van der Waals surface area contributed by atoms with E-state index in [2.05, 4.69) is 16.9 Å². The van der Waals surface area contributed by atoms with Crippen molar-refractivity contribution in [2.45, 2.75) is 27.0 Å². The van der Waals surface area contributed by atoms with E-state index in [1.54, 1.807) is 54.5 Å². The van der Waals surface area contributed by atoms with Crippen LogP contribution in [0.1, 0.15) is 20.8 Å². The van der Waals surface area contributed by atoms with Crippen LogP contribution in [0.5, 0.6) is 0 Å². The lowest BCUT2D eigenvalue weighted by Crippen LogP contribution is -2.38. The highest BCUT2D eigenvalue weighted by Gasteiger charge is 2.24. The number of halogens is 1. The Morgan fingerprint density at radius 3 is 2.55 bits per heavy atom. The molecule has 3 N–H and O–H groups in total. The van der Waals surface area contributed by atoms with Crippen molar-refractivity contribution in [1.82, 2.24) is 4.98 Å². The first-order chi connectivity index (χ1) is 15.7. The number of hydrogen-bond acceptors (Lipinski definition) is 6. The maximum atomic E-state index is 13.0. The van der Waals surface area contributed by atoms with Gasteiger partial charge in [-0.25, -0.2) is 0 Å². The molecular formula is C25H32ClN3O4. The number of allylic oxidation sites excluding steroid dienone is 2. The number of aromatic nitrogens is 1. The zero-order chi connectivity index (χ0) is 24.5. The molecule has 0 saturated heterocycles. The van der Waals surface area contributed by atoms with Crippen LogP contribution in [0.15, 0.2) is 77.0 Å². The number of ether oxygens (including phenoxy) is 2. The van der Waals surface area contributed by atoms with Crippen molar-refractivity contribution in [2.24, 2.45) is 5.92 Å². The maximum absolute atomic E-state index is 13.0. The van der Waals surface area contributed by atoms with E-state index in [9.17, 15) is 9.90 Å². The van der Waals surface area contributed by atoms with E-state index in [-0.39, 0.29) is 11.5 Å². The Kier molecular flexibility index (Phi) is 9.63. The Morgan fingerprint density at radius 2 is 2.00 bits per heavy atom. The summed E-state index contributed by atoms with van der Waals surface area (Å²) in [6.07, 6.45) is 2.68. The molecule has 0 fully saturated rings. The van der Waals surface area contributed by atoms with Gasteiger partial charge in [0.2, 0.25) is 0 Å². The van der Waals surface area contributed by atoms with E-state index in [1.165, 1.54) is 7.11 Å². The molecule has 178 valence electrons. The van der Waals surface area contributed by atoms with Crippen molar-refractivity contribution in [2.75, 3.05) is 31.0 Å². The van der Waals surface area contributed by atoms with E-state index in [0.717, 1.165) is 5.57 Å². The lowest BCUT2D eigenvalue weighted by molar-refractivity contribution is 0.131. The summed E-state index contributed by atoms with van der Waals surface area (Å²) in [5.41, 5.74) is 1.44. The minimum Gasteiger partial charge on any atom is -0.497 e. The molecule has 0 spiro atoms. The standard InChI is InChI=1S/C25H32ClN3O4/c1-7-18(22(33-6)13-17(4)32-5)15-27-23-12-11-21(24(30)28-23)29(25(31)16(2)3)20-10-8-9-19(26)14-20/h7-14,16,25,31H,4,15H2,1-3,5-6H3,(H2,27,28,30)/b18-7-,22-13+. The molecule has 0 amide bonds. The number of benzene rings is 1. The molecule has 0 bridgehead atoms. The highest BCUT2D eigenvalue weighted by molar-refractivity contribution is 6.30. The fourth-order valence-electron chi connectivity index (χ4n) is 3.13. The van der Waals surface area contributed by atoms with Gasteiger partial charge in [-0.05, 0) is 43.2 Å². The van der Waals surface area contributed by atoms with Gasteiger partial charge in [0, 0.05) is 28.9 Å². The predicted molar refractivity (Wildman–Crippen MR) is 135 cm³/mol. The number of nitrogens with one attached hydrogen (secondary N) is 2. The molecule has 2 aromatic rings. The molecule has 0 saturated carbocycles. The van der Waals surface area contributed by atoms with Crippen LogP contribution in [0, 0.1) is 5.92 Å². The molecule has 7 nitrogen and oxygen atoms in total. The van der Waals surface area contributed by atoms with Gasteiger partial charge in [-0.15, -0.1) is 0 Å². The quantitative estimate of drug-likeness (QED) is 0.236. The minimum atomic E-state index is -0.915. The van der Waals surface area contributed by atoms with Gasteiger partial charge >= 0.3 is 0 Å². The lowest BCUT2D eigenvalue weighted by Gasteiger charge is -2.32.